The van der Waals surface area contributed by atoms with Gasteiger partial charge in [-0.05, 0) is 44.2 Å². The van der Waals surface area contributed by atoms with E-state index >= 15 is 0 Å². The fourth-order valence-electron chi connectivity index (χ4n) is 3.30. The second kappa shape index (κ2) is 43.3. The third kappa shape index (κ3) is 50.4. The topological polar surface area (TPSA) is 657 Å². The molecule has 0 bridgehead atoms. The van der Waals surface area contributed by atoms with E-state index in [1.807, 2.05) is 30.3 Å². The standard InChI is InChI=1S/C9H11NO2.C5H9NO2.C5H11NO2.2C4H8N2O3.C4H7NO4.C4H9NO3.C3H7NO3/c10-8(9(11)12)6-7-4-2-1-3-5-7;7-5(8)4-2-1-3-6-4;1-3(2)4(6)5(7)8;3*5-2(4(8)9)1-3(6)7;1-2(6)3(5)4(7)8;4-2(1-5)3(6)7/h1-5,8H,6,10H2,(H,11,12);4,6H,1-3H2,(H,7,8);3-4H,6H2,1-2H3,(H,7,8);2*2H,1,5H2,(H2,6,7)(H,8,9);2H,1,5H2,(H,6,7)(H,8,9);2-3,6H,5H2,1H3,(H,7,8);2,5H,1,4H2,(H,6,7)/t8-;2*4-;3*2-;2-,3+;2-/m00000010/s1. The highest BCUT2D eigenvalue weighted by Crippen LogP contribution is 2.04. The van der Waals surface area contributed by atoms with Crippen molar-refractivity contribution in [3.05, 3.63) is 35.9 Å². The monoisotopic (exact) mass is 1020 g/mol. The molecule has 1 saturated heterocycles. The lowest BCUT2D eigenvalue weighted by Crippen LogP contribution is -2.39. The lowest BCUT2D eigenvalue weighted by Gasteiger charge is -2.07. The van der Waals surface area contributed by atoms with Gasteiger partial charge in [-0.2, -0.15) is 0 Å². The number of carbonyl (C=O) groups is 11. The first-order valence-corrected chi connectivity index (χ1v) is 19.9. The van der Waals surface area contributed by atoms with Gasteiger partial charge < -0.3 is 113 Å². The molecule has 2 rings (SSSR count). The molecule has 1 heterocycles. The number of carbonyl (C=O) groups excluding carboxylic acids is 2. The Bertz CT molecular complexity index is 1620. The average molecular weight is 1020 g/mol. The quantitative estimate of drug-likeness (QED) is 0.0612. The Morgan fingerprint density at radius 2 is 0.900 bits per heavy atom. The van der Waals surface area contributed by atoms with E-state index in [2.05, 4.69) is 16.8 Å². The molecule has 32 heteroatoms. The van der Waals surface area contributed by atoms with Crippen molar-refractivity contribution >= 4 is 65.5 Å². The van der Waals surface area contributed by atoms with Gasteiger partial charge in [-0.3, -0.25) is 52.7 Å². The predicted molar refractivity (Wildman–Crippen MR) is 242 cm³/mol. The van der Waals surface area contributed by atoms with Gasteiger partial charge in [0.1, 0.15) is 48.3 Å². The number of benzene rings is 1. The first kappa shape index (κ1) is 74.5. The zero-order valence-corrected chi connectivity index (χ0v) is 38.4. The van der Waals surface area contributed by atoms with E-state index in [9.17, 15) is 52.7 Å². The summed E-state index contributed by atoms with van der Waals surface area (Å²) in [6.45, 7) is 5.24. The van der Waals surface area contributed by atoms with E-state index in [0.29, 0.717) is 6.42 Å². The molecule has 2 amide bonds. The summed E-state index contributed by atoms with van der Waals surface area (Å²) < 4.78 is 0. The van der Waals surface area contributed by atoms with E-state index in [1.165, 1.54) is 6.92 Å². The first-order chi connectivity index (χ1) is 31.9. The minimum Gasteiger partial charge on any atom is -0.481 e. The average Bonchev–Trinajstić information content (AvgIpc) is 3.80. The number of hydrogen-bond acceptors (Lipinski definition) is 21. The van der Waals surface area contributed by atoms with Crippen molar-refractivity contribution in [2.24, 2.45) is 57.5 Å². The van der Waals surface area contributed by atoms with Crippen LogP contribution in [-0.2, 0) is 59.2 Å². The Labute approximate surface area is 399 Å². The first-order valence-electron chi connectivity index (χ1n) is 19.9. The third-order valence-electron chi connectivity index (χ3n) is 7.48. The van der Waals surface area contributed by atoms with Crippen LogP contribution in [-0.4, -0.2) is 189 Å². The Kier molecular flexibility index (Phi) is 46.1. The molecule has 70 heavy (non-hydrogen) atoms. The van der Waals surface area contributed by atoms with Crippen molar-refractivity contribution < 1.29 is 109 Å². The number of hydrogen-bond donors (Lipinski definition) is 21. The third-order valence-corrected chi connectivity index (χ3v) is 7.48. The number of nitrogens with two attached hydrogens (primary N) is 9. The van der Waals surface area contributed by atoms with Crippen molar-refractivity contribution in [1.82, 2.24) is 5.32 Å². The number of aliphatic carboxylic acids is 9. The molecule has 0 radical (unpaired) electrons. The Hall–Kier alpha value is -7.01. The summed E-state index contributed by atoms with van der Waals surface area (Å²) in [6.07, 6.45) is 0.0372. The molecule has 0 aliphatic carbocycles. The zero-order chi connectivity index (χ0) is 56.6. The van der Waals surface area contributed by atoms with Crippen molar-refractivity contribution in [3.8, 4) is 0 Å². The summed E-state index contributed by atoms with van der Waals surface area (Å²) in [5.74, 6) is -11.3. The molecule has 1 fully saturated rings. The molecule has 9 atom stereocenters. The molecule has 32 nitrogen and oxygen atoms in total. The van der Waals surface area contributed by atoms with E-state index in [1.54, 1.807) is 13.8 Å². The van der Waals surface area contributed by atoms with Crippen LogP contribution in [0.2, 0.25) is 0 Å². The summed E-state index contributed by atoms with van der Waals surface area (Å²) in [5, 5.41) is 92.6. The van der Waals surface area contributed by atoms with Gasteiger partial charge in [0.2, 0.25) is 11.8 Å². The summed E-state index contributed by atoms with van der Waals surface area (Å²) in [4.78, 5) is 109. The van der Waals surface area contributed by atoms with Crippen molar-refractivity contribution in [2.45, 2.75) is 114 Å². The van der Waals surface area contributed by atoms with Gasteiger partial charge in [-0.15, -0.1) is 0 Å². The van der Waals surface area contributed by atoms with Gasteiger partial charge in [0.05, 0.1) is 32.0 Å². The van der Waals surface area contributed by atoms with Crippen molar-refractivity contribution in [2.75, 3.05) is 13.2 Å². The molecular formula is C38H70N10O22. The SMILES string of the molecule is CC(C)[C@H](N)C(=O)O.C[C@@H](O)[C@H](N)C(=O)O.NC(=O)C[C@H](N)C(=O)O.NC(=O)C[C@H](N)C(=O)O.N[C@@H](CC(=O)O)C(=O)O.N[C@@H](CO)C(=O)O.N[C@@H](Cc1ccccc1)C(=O)O.O=C(O)[C@@H]1CCCN1. The van der Waals surface area contributed by atoms with Gasteiger partial charge in [0, 0.05) is 0 Å². The van der Waals surface area contributed by atoms with E-state index < -0.39 is 127 Å². The summed E-state index contributed by atoms with van der Waals surface area (Å²) in [6, 6.07) is 1.66. The molecule has 0 saturated carbocycles. The normalized spacial score (nSPS) is 15.1. The molecular weight excluding hydrogens is 948 g/mol. The molecule has 1 aliphatic rings. The molecule has 1 aromatic carbocycles. The maximum Gasteiger partial charge on any atom is 0.323 e. The maximum atomic E-state index is 10.4. The van der Waals surface area contributed by atoms with Crippen LogP contribution in [0, 0.1) is 5.92 Å². The smallest absolute Gasteiger partial charge is 0.323 e. The summed E-state index contributed by atoms with van der Waals surface area (Å²) >= 11 is 0. The van der Waals surface area contributed by atoms with Crippen LogP contribution in [0.4, 0.5) is 0 Å². The highest BCUT2D eigenvalue weighted by Gasteiger charge is 2.21. The molecule has 30 N–H and O–H groups in total. The Morgan fingerprint density at radius 1 is 0.543 bits per heavy atom. The lowest BCUT2D eigenvalue weighted by atomic mass is 10.1. The fraction of sp³-hybridized carbons (Fsp3) is 0.553. The second-order valence-corrected chi connectivity index (χ2v) is 14.2. The van der Waals surface area contributed by atoms with Crippen LogP contribution < -0.4 is 56.9 Å². The van der Waals surface area contributed by atoms with Crippen molar-refractivity contribution in [1.29, 1.82) is 0 Å². The van der Waals surface area contributed by atoms with E-state index in [4.69, 9.17) is 96.3 Å². The zero-order valence-electron chi connectivity index (χ0n) is 38.4. The van der Waals surface area contributed by atoms with E-state index in [-0.39, 0.29) is 24.8 Å². The number of primary amides is 2. The molecule has 404 valence electrons. The molecule has 1 aromatic rings. The predicted octanol–water partition coefficient (Wildman–Crippen LogP) is -6.89. The highest BCUT2D eigenvalue weighted by molar-refractivity contribution is 5.84. The number of nitrogens with one attached hydrogen (secondary N) is 1. The van der Waals surface area contributed by atoms with Crippen LogP contribution in [0.5, 0.6) is 0 Å². The van der Waals surface area contributed by atoms with Gasteiger partial charge >= 0.3 is 53.7 Å². The Morgan fingerprint density at radius 3 is 1.04 bits per heavy atom. The summed E-state index contributed by atoms with van der Waals surface area (Å²) in [5.41, 5.74) is 45.1. The number of aliphatic hydroxyl groups excluding tert-OH is 2. The fourth-order valence-corrected chi connectivity index (χ4v) is 3.30. The summed E-state index contributed by atoms with van der Waals surface area (Å²) in [7, 11) is 0. The number of carboxylic acid groups (broad SMARTS) is 9. The minimum absolute atomic E-state index is 0.0208. The van der Waals surface area contributed by atoms with Crippen LogP contribution in [0.1, 0.15) is 58.4 Å². The van der Waals surface area contributed by atoms with Crippen LogP contribution in [0.25, 0.3) is 0 Å². The molecule has 1 aliphatic heterocycles. The minimum atomic E-state index is -1.29. The van der Waals surface area contributed by atoms with Gasteiger partial charge in [-0.1, -0.05) is 44.2 Å². The number of carboxylic acids is 9. The number of aliphatic hydroxyl groups is 2. The highest BCUT2D eigenvalue weighted by atomic mass is 16.4. The van der Waals surface area contributed by atoms with Crippen LogP contribution in [0.15, 0.2) is 30.3 Å². The molecule has 0 unspecified atom stereocenters. The lowest BCUT2D eigenvalue weighted by molar-refractivity contribution is -0.144. The molecule has 0 spiro atoms. The largest absolute Gasteiger partial charge is 0.481 e. The van der Waals surface area contributed by atoms with Gasteiger partial charge in [-0.25, -0.2) is 0 Å². The number of amides is 2. The second-order valence-electron chi connectivity index (χ2n) is 14.2. The van der Waals surface area contributed by atoms with Gasteiger partial charge in [0.25, 0.3) is 0 Å². The van der Waals surface area contributed by atoms with Crippen LogP contribution in [0.3, 0.4) is 0 Å². The van der Waals surface area contributed by atoms with E-state index in [0.717, 1.165) is 24.9 Å². The Balaban J connectivity index is -0.000000168. The van der Waals surface area contributed by atoms with Crippen LogP contribution >= 0.6 is 0 Å². The van der Waals surface area contributed by atoms with Crippen molar-refractivity contribution in [3.63, 3.8) is 0 Å². The number of rotatable bonds is 19. The molecule has 0 aromatic heterocycles. The van der Waals surface area contributed by atoms with Gasteiger partial charge in [0.15, 0.2) is 0 Å². The maximum absolute atomic E-state index is 10.4.